The molecule has 0 fully saturated rings. The number of nitrogens with one attached hydrogen (secondary N) is 1. The van der Waals surface area contributed by atoms with Gasteiger partial charge in [-0.1, -0.05) is 30.7 Å². The summed E-state index contributed by atoms with van der Waals surface area (Å²) in [4.78, 5) is 14.2. The number of carbonyl (C=O) groups excluding carboxylic acids is 1. The summed E-state index contributed by atoms with van der Waals surface area (Å²) in [5, 5.41) is 7.35. The highest BCUT2D eigenvalue weighted by Crippen LogP contribution is 2.28. The molecule has 2 aromatic rings. The van der Waals surface area contributed by atoms with E-state index in [-0.39, 0.29) is 12.1 Å². The fourth-order valence-electron chi connectivity index (χ4n) is 3.23. The molecule has 1 N–H and O–H groups in total. The Bertz CT molecular complexity index is 679. The molecule has 0 spiro atoms. The molecule has 5 nitrogen and oxygen atoms in total. The van der Waals surface area contributed by atoms with E-state index in [1.807, 2.05) is 20.3 Å². The number of rotatable bonds is 3. The third kappa shape index (κ3) is 3.73. The number of aromatic nitrogens is 2. The molecule has 1 aromatic carbocycles. The van der Waals surface area contributed by atoms with E-state index in [1.165, 1.54) is 17.5 Å². The zero-order valence-corrected chi connectivity index (χ0v) is 13.8. The molecule has 122 valence electrons. The summed E-state index contributed by atoms with van der Waals surface area (Å²) in [6.07, 6.45) is 8.17. The van der Waals surface area contributed by atoms with Crippen molar-refractivity contribution in [1.29, 1.82) is 0 Å². The quantitative estimate of drug-likeness (QED) is 0.886. The maximum absolute atomic E-state index is 12.5. The molecule has 1 aliphatic carbocycles. The predicted molar refractivity (Wildman–Crippen MR) is 89.9 cm³/mol. The highest BCUT2D eigenvalue weighted by Gasteiger charge is 2.21. The van der Waals surface area contributed by atoms with Crippen molar-refractivity contribution < 1.29 is 4.79 Å². The van der Waals surface area contributed by atoms with Crippen LogP contribution in [0.1, 0.15) is 42.0 Å². The molecule has 0 saturated carbocycles. The Hall–Kier alpha value is -2.30. The third-order valence-corrected chi connectivity index (χ3v) is 4.44. The highest BCUT2D eigenvalue weighted by atomic mass is 16.2. The van der Waals surface area contributed by atoms with Crippen LogP contribution < -0.4 is 5.32 Å². The Morgan fingerprint density at radius 3 is 3.00 bits per heavy atom. The van der Waals surface area contributed by atoms with Gasteiger partial charge in [-0.05, 0) is 30.4 Å². The monoisotopic (exact) mass is 312 g/mol. The van der Waals surface area contributed by atoms with Crippen molar-refractivity contribution in [2.45, 2.75) is 38.3 Å². The number of amides is 2. The number of hydrogen-bond donors (Lipinski definition) is 1. The summed E-state index contributed by atoms with van der Waals surface area (Å²) in [5.41, 5.74) is 3.67. The minimum Gasteiger partial charge on any atom is -0.331 e. The van der Waals surface area contributed by atoms with Crippen molar-refractivity contribution in [3.05, 3.63) is 53.3 Å². The highest BCUT2D eigenvalue weighted by molar-refractivity contribution is 5.74. The molecule has 1 aromatic heterocycles. The zero-order chi connectivity index (χ0) is 16.2. The van der Waals surface area contributed by atoms with Crippen LogP contribution in [0.4, 0.5) is 4.79 Å². The third-order valence-electron chi connectivity index (χ3n) is 4.44. The van der Waals surface area contributed by atoms with Gasteiger partial charge in [0, 0.05) is 25.9 Å². The van der Waals surface area contributed by atoms with Crippen LogP contribution in [0.15, 0.2) is 36.7 Å². The van der Waals surface area contributed by atoms with Gasteiger partial charge in [-0.3, -0.25) is 4.68 Å². The minimum atomic E-state index is -0.0319. The lowest BCUT2D eigenvalue weighted by atomic mass is 9.99. The molecule has 1 aliphatic rings. The van der Waals surface area contributed by atoms with Gasteiger partial charge in [0.15, 0.2) is 0 Å². The summed E-state index contributed by atoms with van der Waals surface area (Å²) >= 11 is 0. The zero-order valence-electron chi connectivity index (χ0n) is 13.8. The maximum Gasteiger partial charge on any atom is 0.317 e. The van der Waals surface area contributed by atoms with Gasteiger partial charge in [0.1, 0.15) is 0 Å². The number of carbonyl (C=O) groups is 1. The molecule has 0 saturated heterocycles. The molecular weight excluding hydrogens is 288 g/mol. The van der Waals surface area contributed by atoms with Crippen molar-refractivity contribution in [2.75, 3.05) is 7.05 Å². The van der Waals surface area contributed by atoms with Crippen LogP contribution in [-0.4, -0.2) is 27.8 Å². The smallest absolute Gasteiger partial charge is 0.317 e. The molecule has 23 heavy (non-hydrogen) atoms. The molecule has 0 aliphatic heterocycles. The Kier molecular flexibility index (Phi) is 4.65. The van der Waals surface area contributed by atoms with Crippen LogP contribution in [0, 0.1) is 0 Å². The van der Waals surface area contributed by atoms with E-state index in [1.54, 1.807) is 15.8 Å². The average molecular weight is 312 g/mol. The molecule has 2 amide bonds. The molecule has 5 heteroatoms. The first-order chi connectivity index (χ1) is 11.1. The Balaban J connectivity index is 1.67. The minimum absolute atomic E-state index is 0.0319. The second-order valence-electron chi connectivity index (χ2n) is 6.32. The number of benzene rings is 1. The standard InChI is InChI=1S/C18H24N4O/c1-21(12-14-11-19-22(2)13-14)18(23)20-17-10-6-4-8-15-7-3-5-9-16(15)17/h3,5,7,9,11,13,17H,4,6,8,10,12H2,1-2H3,(H,20,23). The van der Waals surface area contributed by atoms with E-state index in [2.05, 4.69) is 34.7 Å². The number of aryl methyl sites for hydroxylation is 2. The summed E-state index contributed by atoms with van der Waals surface area (Å²) in [6.45, 7) is 0.564. The summed E-state index contributed by atoms with van der Waals surface area (Å²) in [5.74, 6) is 0. The van der Waals surface area contributed by atoms with E-state index in [0.717, 1.165) is 24.8 Å². The van der Waals surface area contributed by atoms with Crippen LogP contribution in [0.25, 0.3) is 0 Å². The number of nitrogens with zero attached hydrogens (tertiary/aromatic N) is 3. The Labute approximate surface area is 137 Å². The van der Waals surface area contributed by atoms with E-state index < -0.39 is 0 Å². The van der Waals surface area contributed by atoms with Crippen molar-refractivity contribution in [3.63, 3.8) is 0 Å². The second-order valence-corrected chi connectivity index (χ2v) is 6.32. The van der Waals surface area contributed by atoms with E-state index in [9.17, 15) is 4.79 Å². The van der Waals surface area contributed by atoms with E-state index >= 15 is 0 Å². The van der Waals surface area contributed by atoms with Crippen molar-refractivity contribution in [2.24, 2.45) is 7.05 Å². The molecule has 1 atom stereocenters. The summed E-state index contributed by atoms with van der Waals surface area (Å²) in [6, 6.07) is 8.54. The molecule has 0 bridgehead atoms. The van der Waals surface area contributed by atoms with Gasteiger partial charge in [-0.2, -0.15) is 5.10 Å². The fourth-order valence-corrected chi connectivity index (χ4v) is 3.23. The first-order valence-electron chi connectivity index (χ1n) is 8.20. The summed E-state index contributed by atoms with van der Waals surface area (Å²) in [7, 11) is 3.71. The normalized spacial score (nSPS) is 17.2. The Morgan fingerprint density at radius 1 is 1.39 bits per heavy atom. The molecular formula is C18H24N4O. The van der Waals surface area contributed by atoms with Gasteiger partial charge in [0.2, 0.25) is 0 Å². The maximum atomic E-state index is 12.5. The average Bonchev–Trinajstić information content (AvgIpc) is 2.84. The molecule has 1 unspecified atom stereocenters. The van der Waals surface area contributed by atoms with Gasteiger partial charge in [-0.25, -0.2) is 4.79 Å². The molecule has 3 rings (SSSR count). The van der Waals surface area contributed by atoms with Crippen LogP contribution in [0.3, 0.4) is 0 Å². The van der Waals surface area contributed by atoms with Crippen molar-refractivity contribution in [3.8, 4) is 0 Å². The fraction of sp³-hybridized carbons (Fsp3) is 0.444. The topological polar surface area (TPSA) is 50.2 Å². The van der Waals surface area contributed by atoms with E-state index in [0.29, 0.717) is 6.54 Å². The first-order valence-corrected chi connectivity index (χ1v) is 8.20. The van der Waals surface area contributed by atoms with Gasteiger partial charge in [0.05, 0.1) is 18.8 Å². The number of hydrogen-bond acceptors (Lipinski definition) is 2. The lowest BCUT2D eigenvalue weighted by Crippen LogP contribution is -2.39. The van der Waals surface area contributed by atoms with Crippen molar-refractivity contribution >= 4 is 6.03 Å². The van der Waals surface area contributed by atoms with Crippen molar-refractivity contribution in [1.82, 2.24) is 20.0 Å². The van der Waals surface area contributed by atoms with Crippen LogP contribution in [0.2, 0.25) is 0 Å². The first kappa shape index (κ1) is 15.6. The molecule has 1 heterocycles. The molecule has 0 radical (unpaired) electrons. The lowest BCUT2D eigenvalue weighted by Gasteiger charge is -2.24. The van der Waals surface area contributed by atoms with Crippen LogP contribution in [-0.2, 0) is 20.0 Å². The lowest BCUT2D eigenvalue weighted by molar-refractivity contribution is 0.202. The van der Waals surface area contributed by atoms with Gasteiger partial charge in [-0.15, -0.1) is 0 Å². The van der Waals surface area contributed by atoms with Crippen LogP contribution >= 0.6 is 0 Å². The predicted octanol–water partition coefficient (Wildman–Crippen LogP) is 3.03. The van der Waals surface area contributed by atoms with Gasteiger partial charge >= 0.3 is 6.03 Å². The number of urea groups is 1. The van der Waals surface area contributed by atoms with Crippen LogP contribution in [0.5, 0.6) is 0 Å². The second kappa shape index (κ2) is 6.86. The SMILES string of the molecule is CN(Cc1cnn(C)c1)C(=O)NC1CCCCc2ccccc21. The number of fused-ring (bicyclic) bond motifs is 1. The van der Waals surface area contributed by atoms with Gasteiger partial charge in [0.25, 0.3) is 0 Å². The van der Waals surface area contributed by atoms with Gasteiger partial charge < -0.3 is 10.2 Å². The summed E-state index contributed by atoms with van der Waals surface area (Å²) < 4.78 is 1.75. The largest absolute Gasteiger partial charge is 0.331 e. The Morgan fingerprint density at radius 2 is 2.22 bits per heavy atom. The van der Waals surface area contributed by atoms with E-state index in [4.69, 9.17) is 0 Å².